The molecule has 88 valence electrons. The van der Waals surface area contributed by atoms with E-state index in [1.807, 2.05) is 0 Å². The number of aliphatic carboxylic acids is 1. The van der Waals surface area contributed by atoms with Crippen molar-refractivity contribution < 1.29 is 25.2 Å². The zero-order valence-electron chi connectivity index (χ0n) is 8.79. The Labute approximate surface area is 92.6 Å². The quantitative estimate of drug-likeness (QED) is 0.577. The lowest BCUT2D eigenvalue weighted by atomic mass is 9.96. The molecule has 0 aromatic heterocycles. The molecule has 0 bridgehead atoms. The van der Waals surface area contributed by atoms with Gasteiger partial charge >= 0.3 is 5.97 Å². The zero-order valence-corrected chi connectivity index (χ0v) is 8.79. The van der Waals surface area contributed by atoms with Gasteiger partial charge in [-0.3, -0.25) is 0 Å². The van der Waals surface area contributed by atoms with Crippen LogP contribution in [0.25, 0.3) is 0 Å². The number of benzene rings is 1. The van der Waals surface area contributed by atoms with E-state index >= 15 is 0 Å². The predicted molar refractivity (Wildman–Crippen MR) is 55.7 cm³/mol. The third-order valence-corrected chi connectivity index (χ3v) is 2.53. The van der Waals surface area contributed by atoms with Crippen LogP contribution in [0.2, 0.25) is 0 Å². The molecule has 0 saturated carbocycles. The SMILES string of the molecule is Cc1c(CO)cccc1C(O)C(O)C(=O)O. The fraction of sp³-hybridized carbons (Fsp3) is 0.364. The van der Waals surface area contributed by atoms with Gasteiger partial charge in [-0.25, -0.2) is 4.79 Å². The molecule has 0 aliphatic rings. The molecule has 2 atom stereocenters. The Bertz CT molecular complexity index is 388. The van der Waals surface area contributed by atoms with Gasteiger partial charge in [-0.2, -0.15) is 0 Å². The molecule has 0 aliphatic heterocycles. The molecule has 0 saturated heterocycles. The van der Waals surface area contributed by atoms with Crippen LogP contribution in [-0.4, -0.2) is 32.5 Å². The normalized spacial score (nSPS) is 14.5. The number of rotatable bonds is 4. The van der Waals surface area contributed by atoms with Crippen LogP contribution in [0.5, 0.6) is 0 Å². The average molecular weight is 226 g/mol. The van der Waals surface area contributed by atoms with E-state index in [2.05, 4.69) is 0 Å². The first-order valence-corrected chi connectivity index (χ1v) is 4.77. The van der Waals surface area contributed by atoms with Crippen LogP contribution in [0.1, 0.15) is 22.8 Å². The first kappa shape index (κ1) is 12.6. The number of carboxylic acid groups (broad SMARTS) is 1. The van der Waals surface area contributed by atoms with Crippen molar-refractivity contribution in [3.8, 4) is 0 Å². The second-order valence-electron chi connectivity index (χ2n) is 3.52. The van der Waals surface area contributed by atoms with Crippen LogP contribution in [0.4, 0.5) is 0 Å². The Balaban J connectivity index is 3.08. The smallest absolute Gasteiger partial charge is 0.335 e. The van der Waals surface area contributed by atoms with E-state index in [0.29, 0.717) is 16.7 Å². The van der Waals surface area contributed by atoms with E-state index in [9.17, 15) is 15.0 Å². The summed E-state index contributed by atoms with van der Waals surface area (Å²) in [6.07, 6.45) is -3.36. The summed E-state index contributed by atoms with van der Waals surface area (Å²) in [5.74, 6) is -1.48. The van der Waals surface area contributed by atoms with Crippen LogP contribution in [0.15, 0.2) is 18.2 Å². The highest BCUT2D eigenvalue weighted by molar-refractivity contribution is 5.73. The number of hydrogen-bond donors (Lipinski definition) is 4. The van der Waals surface area contributed by atoms with Gasteiger partial charge in [0, 0.05) is 0 Å². The summed E-state index contributed by atoms with van der Waals surface area (Å²) in [4.78, 5) is 10.5. The van der Waals surface area contributed by atoms with E-state index in [0.717, 1.165) is 0 Å². The van der Waals surface area contributed by atoms with Gasteiger partial charge in [0.2, 0.25) is 0 Å². The summed E-state index contributed by atoms with van der Waals surface area (Å²) in [6.45, 7) is 1.45. The van der Waals surface area contributed by atoms with Gasteiger partial charge in [-0.15, -0.1) is 0 Å². The number of carbonyl (C=O) groups is 1. The van der Waals surface area contributed by atoms with Crippen molar-refractivity contribution in [3.05, 3.63) is 34.9 Å². The summed E-state index contributed by atoms with van der Waals surface area (Å²) >= 11 is 0. The van der Waals surface area contributed by atoms with Crippen LogP contribution < -0.4 is 0 Å². The molecule has 4 N–H and O–H groups in total. The monoisotopic (exact) mass is 226 g/mol. The summed E-state index contributed by atoms with van der Waals surface area (Å²) in [6, 6.07) is 4.77. The van der Waals surface area contributed by atoms with Gasteiger partial charge in [-0.05, 0) is 23.6 Å². The molecule has 0 amide bonds. The van der Waals surface area contributed by atoms with Crippen molar-refractivity contribution in [2.24, 2.45) is 0 Å². The molecular weight excluding hydrogens is 212 g/mol. The lowest BCUT2D eigenvalue weighted by molar-refractivity contribution is -0.153. The fourth-order valence-electron chi connectivity index (χ4n) is 1.50. The van der Waals surface area contributed by atoms with Crippen molar-refractivity contribution in [2.45, 2.75) is 25.7 Å². The van der Waals surface area contributed by atoms with E-state index in [-0.39, 0.29) is 6.61 Å². The molecule has 2 unspecified atom stereocenters. The Morgan fingerprint density at radius 3 is 2.50 bits per heavy atom. The van der Waals surface area contributed by atoms with Gasteiger partial charge in [0.05, 0.1) is 6.61 Å². The van der Waals surface area contributed by atoms with Gasteiger partial charge in [-0.1, -0.05) is 18.2 Å². The molecule has 5 heteroatoms. The summed E-state index contributed by atoms with van der Waals surface area (Å²) in [7, 11) is 0. The van der Waals surface area contributed by atoms with Crippen molar-refractivity contribution in [1.82, 2.24) is 0 Å². The second kappa shape index (κ2) is 5.07. The minimum absolute atomic E-state index is 0.199. The third-order valence-electron chi connectivity index (χ3n) is 2.53. The van der Waals surface area contributed by atoms with E-state index in [1.54, 1.807) is 19.1 Å². The average Bonchev–Trinajstić information content (AvgIpc) is 2.27. The van der Waals surface area contributed by atoms with Crippen LogP contribution >= 0.6 is 0 Å². The molecule has 1 aromatic rings. The van der Waals surface area contributed by atoms with E-state index < -0.39 is 18.2 Å². The fourth-order valence-corrected chi connectivity index (χ4v) is 1.50. The molecule has 0 aliphatic carbocycles. The summed E-state index contributed by atoms with van der Waals surface area (Å²) < 4.78 is 0. The van der Waals surface area contributed by atoms with E-state index in [1.165, 1.54) is 6.07 Å². The van der Waals surface area contributed by atoms with Crippen molar-refractivity contribution in [1.29, 1.82) is 0 Å². The molecule has 0 heterocycles. The first-order chi connectivity index (χ1) is 7.49. The lowest BCUT2D eigenvalue weighted by Crippen LogP contribution is -2.28. The molecular formula is C11H14O5. The van der Waals surface area contributed by atoms with Crippen LogP contribution in [-0.2, 0) is 11.4 Å². The van der Waals surface area contributed by atoms with Gasteiger partial charge in [0.15, 0.2) is 6.10 Å². The Morgan fingerprint density at radius 2 is 2.00 bits per heavy atom. The maximum atomic E-state index is 10.5. The third kappa shape index (κ3) is 2.38. The highest BCUT2D eigenvalue weighted by Gasteiger charge is 2.26. The van der Waals surface area contributed by atoms with Crippen LogP contribution in [0.3, 0.4) is 0 Å². The standard InChI is InChI=1S/C11H14O5/c1-6-7(5-12)3-2-4-8(6)9(13)10(14)11(15)16/h2-4,9-10,12-14H,5H2,1H3,(H,15,16). The topological polar surface area (TPSA) is 98.0 Å². The predicted octanol–water partition coefficient (Wildman–Crippen LogP) is -0.0338. The molecule has 0 radical (unpaired) electrons. The van der Waals surface area contributed by atoms with Gasteiger partial charge in [0.1, 0.15) is 6.10 Å². The minimum atomic E-state index is -1.87. The molecule has 5 nitrogen and oxygen atoms in total. The highest BCUT2D eigenvalue weighted by Crippen LogP contribution is 2.23. The maximum Gasteiger partial charge on any atom is 0.335 e. The number of carboxylic acids is 1. The van der Waals surface area contributed by atoms with Crippen molar-refractivity contribution in [3.63, 3.8) is 0 Å². The minimum Gasteiger partial charge on any atom is -0.479 e. The molecule has 0 spiro atoms. The molecule has 1 aromatic carbocycles. The van der Waals surface area contributed by atoms with Gasteiger partial charge < -0.3 is 20.4 Å². The summed E-state index contributed by atoms with van der Waals surface area (Å²) in [5, 5.41) is 36.5. The zero-order chi connectivity index (χ0) is 12.3. The largest absolute Gasteiger partial charge is 0.479 e. The molecule has 16 heavy (non-hydrogen) atoms. The number of aliphatic hydroxyl groups is 3. The second-order valence-corrected chi connectivity index (χ2v) is 3.52. The Morgan fingerprint density at radius 1 is 1.38 bits per heavy atom. The Hall–Kier alpha value is -1.43. The van der Waals surface area contributed by atoms with E-state index in [4.69, 9.17) is 10.2 Å². The van der Waals surface area contributed by atoms with Crippen molar-refractivity contribution in [2.75, 3.05) is 0 Å². The molecule has 0 fully saturated rings. The number of aliphatic hydroxyl groups excluding tert-OH is 3. The lowest BCUT2D eigenvalue weighted by Gasteiger charge is -2.18. The Kier molecular flexibility index (Phi) is 4.00. The van der Waals surface area contributed by atoms with Gasteiger partial charge in [0.25, 0.3) is 0 Å². The maximum absolute atomic E-state index is 10.5. The first-order valence-electron chi connectivity index (χ1n) is 4.77. The molecule has 1 rings (SSSR count). The number of hydrogen-bond acceptors (Lipinski definition) is 4. The summed E-state index contributed by atoms with van der Waals surface area (Å²) in [5.41, 5.74) is 1.48. The highest BCUT2D eigenvalue weighted by atomic mass is 16.4. The van der Waals surface area contributed by atoms with Crippen LogP contribution in [0, 0.1) is 6.92 Å². The van der Waals surface area contributed by atoms with Crippen molar-refractivity contribution >= 4 is 5.97 Å².